The summed E-state index contributed by atoms with van der Waals surface area (Å²) in [4.78, 5) is 8.68. The van der Waals surface area contributed by atoms with E-state index in [1.165, 1.54) is 17.5 Å². The molecule has 0 spiro atoms. The highest BCUT2D eigenvalue weighted by molar-refractivity contribution is 5.31. The summed E-state index contributed by atoms with van der Waals surface area (Å²) in [5.74, 6) is 0.808. The Morgan fingerprint density at radius 1 is 1.26 bits per heavy atom. The van der Waals surface area contributed by atoms with Crippen molar-refractivity contribution in [3.05, 3.63) is 59.2 Å². The maximum Gasteiger partial charge on any atom is 0.125 e. The summed E-state index contributed by atoms with van der Waals surface area (Å²) < 4.78 is 0. The first kappa shape index (κ1) is 13.7. The lowest BCUT2D eigenvalue weighted by Crippen LogP contribution is -2.19. The monoisotopic (exact) mass is 255 g/mol. The van der Waals surface area contributed by atoms with E-state index >= 15 is 0 Å². The first-order valence-corrected chi connectivity index (χ1v) is 6.80. The fourth-order valence-electron chi connectivity index (χ4n) is 2.34. The minimum absolute atomic E-state index is 0.124. The Morgan fingerprint density at radius 3 is 2.79 bits per heavy atom. The van der Waals surface area contributed by atoms with Gasteiger partial charge in [0.1, 0.15) is 5.82 Å². The second kappa shape index (κ2) is 6.43. The topological polar surface area (TPSA) is 37.8 Å². The van der Waals surface area contributed by atoms with Crippen LogP contribution in [0.1, 0.15) is 42.0 Å². The Morgan fingerprint density at radius 2 is 2.11 bits per heavy atom. The highest BCUT2D eigenvalue weighted by Crippen LogP contribution is 2.21. The number of benzene rings is 1. The van der Waals surface area contributed by atoms with Gasteiger partial charge in [-0.2, -0.15) is 0 Å². The fraction of sp³-hybridized carbons (Fsp3) is 0.375. The van der Waals surface area contributed by atoms with Gasteiger partial charge in [0.15, 0.2) is 0 Å². The molecular formula is C16H21N3. The summed E-state index contributed by atoms with van der Waals surface area (Å²) in [7, 11) is 1.97. The second-order valence-corrected chi connectivity index (χ2v) is 4.75. The van der Waals surface area contributed by atoms with E-state index in [0.717, 1.165) is 17.9 Å². The number of hydrogen-bond acceptors (Lipinski definition) is 3. The number of nitrogens with one attached hydrogen (secondary N) is 1. The predicted molar refractivity (Wildman–Crippen MR) is 78.1 cm³/mol. The van der Waals surface area contributed by atoms with Crippen LogP contribution >= 0.6 is 0 Å². The van der Waals surface area contributed by atoms with Crippen molar-refractivity contribution in [2.45, 2.75) is 32.7 Å². The van der Waals surface area contributed by atoms with Crippen molar-refractivity contribution < 1.29 is 0 Å². The summed E-state index contributed by atoms with van der Waals surface area (Å²) in [5, 5.41) is 3.34. The van der Waals surface area contributed by atoms with Crippen LogP contribution in [-0.2, 0) is 6.42 Å². The molecule has 1 atom stereocenters. The first-order chi connectivity index (χ1) is 9.24. The van der Waals surface area contributed by atoms with Crippen LogP contribution in [-0.4, -0.2) is 17.0 Å². The van der Waals surface area contributed by atoms with Crippen LogP contribution in [0.3, 0.4) is 0 Å². The molecule has 100 valence electrons. The maximum atomic E-state index is 4.52. The van der Waals surface area contributed by atoms with Crippen LogP contribution in [0.4, 0.5) is 0 Å². The quantitative estimate of drug-likeness (QED) is 0.892. The Kier molecular flexibility index (Phi) is 4.63. The van der Waals surface area contributed by atoms with Crippen LogP contribution in [0.25, 0.3) is 0 Å². The summed E-state index contributed by atoms with van der Waals surface area (Å²) >= 11 is 0. The molecule has 2 aromatic rings. The van der Waals surface area contributed by atoms with Gasteiger partial charge in [-0.25, -0.2) is 9.97 Å². The van der Waals surface area contributed by atoms with Gasteiger partial charge < -0.3 is 5.32 Å². The zero-order valence-corrected chi connectivity index (χ0v) is 11.9. The van der Waals surface area contributed by atoms with Gasteiger partial charge in [-0.15, -0.1) is 0 Å². The van der Waals surface area contributed by atoms with Crippen molar-refractivity contribution in [3.8, 4) is 0 Å². The number of rotatable bonds is 5. The molecule has 0 fully saturated rings. The molecule has 0 amide bonds. The van der Waals surface area contributed by atoms with Crippen LogP contribution < -0.4 is 5.32 Å². The Hall–Kier alpha value is -1.74. The maximum absolute atomic E-state index is 4.52. The molecule has 0 aliphatic carbocycles. The standard InChI is InChI=1S/C16H21N3/c1-4-6-13-7-5-8-14(11-13)16(17-3)15-9-10-18-12(2)19-15/h5,7-11,16-17H,4,6H2,1-3H3. The van der Waals surface area contributed by atoms with Crippen LogP contribution in [0.2, 0.25) is 0 Å². The zero-order valence-electron chi connectivity index (χ0n) is 11.9. The number of aryl methyl sites for hydroxylation is 2. The number of hydrogen-bond donors (Lipinski definition) is 1. The molecule has 1 unspecified atom stereocenters. The van der Waals surface area contributed by atoms with E-state index in [1.54, 1.807) is 0 Å². The average molecular weight is 255 g/mol. The molecule has 3 nitrogen and oxygen atoms in total. The largest absolute Gasteiger partial charge is 0.308 e. The molecule has 0 radical (unpaired) electrons. The van der Waals surface area contributed by atoms with Crippen molar-refractivity contribution in [1.29, 1.82) is 0 Å². The fourth-order valence-corrected chi connectivity index (χ4v) is 2.34. The SMILES string of the molecule is CCCc1cccc(C(NC)c2ccnc(C)n2)c1. The molecule has 0 aliphatic rings. The first-order valence-electron chi connectivity index (χ1n) is 6.80. The van der Waals surface area contributed by atoms with Gasteiger partial charge >= 0.3 is 0 Å². The molecule has 1 aromatic heterocycles. The van der Waals surface area contributed by atoms with Crippen LogP contribution in [0.15, 0.2) is 36.5 Å². The molecule has 2 rings (SSSR count). The van der Waals surface area contributed by atoms with Crippen molar-refractivity contribution in [2.24, 2.45) is 0 Å². The molecule has 0 bridgehead atoms. The lowest BCUT2D eigenvalue weighted by molar-refractivity contribution is 0.663. The molecule has 0 aliphatic heterocycles. The second-order valence-electron chi connectivity index (χ2n) is 4.75. The number of aromatic nitrogens is 2. The minimum atomic E-state index is 0.124. The van der Waals surface area contributed by atoms with E-state index in [0.29, 0.717) is 0 Å². The van der Waals surface area contributed by atoms with Gasteiger partial charge in [-0.05, 0) is 37.6 Å². The zero-order chi connectivity index (χ0) is 13.7. The van der Waals surface area contributed by atoms with Crippen molar-refractivity contribution >= 4 is 0 Å². The summed E-state index contributed by atoms with van der Waals surface area (Å²) in [5.41, 5.74) is 3.65. The van der Waals surface area contributed by atoms with Gasteiger partial charge in [0, 0.05) is 6.20 Å². The third kappa shape index (κ3) is 3.38. The molecule has 1 heterocycles. The molecule has 1 N–H and O–H groups in total. The van der Waals surface area contributed by atoms with E-state index < -0.39 is 0 Å². The highest BCUT2D eigenvalue weighted by Gasteiger charge is 2.13. The van der Waals surface area contributed by atoms with Gasteiger partial charge in [0.2, 0.25) is 0 Å². The lowest BCUT2D eigenvalue weighted by atomic mass is 9.99. The van der Waals surface area contributed by atoms with E-state index in [2.05, 4.69) is 46.5 Å². The van der Waals surface area contributed by atoms with Gasteiger partial charge in [-0.3, -0.25) is 0 Å². The van der Waals surface area contributed by atoms with Gasteiger partial charge in [-0.1, -0.05) is 37.6 Å². The smallest absolute Gasteiger partial charge is 0.125 e. The molecule has 0 saturated heterocycles. The molecular weight excluding hydrogens is 234 g/mol. The summed E-state index contributed by atoms with van der Waals surface area (Å²) in [6, 6.07) is 10.8. The van der Waals surface area contributed by atoms with Crippen LogP contribution in [0.5, 0.6) is 0 Å². The van der Waals surface area contributed by atoms with Gasteiger partial charge in [0.25, 0.3) is 0 Å². The highest BCUT2D eigenvalue weighted by atomic mass is 14.9. The van der Waals surface area contributed by atoms with Crippen molar-refractivity contribution in [2.75, 3.05) is 7.05 Å². The predicted octanol–water partition coefficient (Wildman–Crippen LogP) is 3.05. The van der Waals surface area contributed by atoms with Crippen molar-refractivity contribution in [3.63, 3.8) is 0 Å². The molecule has 19 heavy (non-hydrogen) atoms. The van der Waals surface area contributed by atoms with E-state index in [4.69, 9.17) is 0 Å². The molecule has 1 aromatic carbocycles. The Labute approximate surface area is 115 Å². The molecule has 0 saturated carbocycles. The third-order valence-electron chi connectivity index (χ3n) is 3.21. The Bertz CT molecular complexity index is 537. The van der Waals surface area contributed by atoms with E-state index in [9.17, 15) is 0 Å². The lowest BCUT2D eigenvalue weighted by Gasteiger charge is -2.17. The van der Waals surface area contributed by atoms with Gasteiger partial charge in [0.05, 0.1) is 11.7 Å². The molecule has 3 heteroatoms. The minimum Gasteiger partial charge on any atom is -0.308 e. The van der Waals surface area contributed by atoms with E-state index in [-0.39, 0.29) is 6.04 Å². The van der Waals surface area contributed by atoms with E-state index in [1.807, 2.05) is 26.2 Å². The normalized spacial score (nSPS) is 12.4. The third-order valence-corrected chi connectivity index (χ3v) is 3.21. The summed E-state index contributed by atoms with van der Waals surface area (Å²) in [6.45, 7) is 4.12. The van der Waals surface area contributed by atoms with Crippen molar-refractivity contribution in [1.82, 2.24) is 15.3 Å². The summed E-state index contributed by atoms with van der Waals surface area (Å²) in [6.07, 6.45) is 4.10. The number of nitrogens with zero attached hydrogens (tertiary/aromatic N) is 2. The van der Waals surface area contributed by atoms with Crippen LogP contribution in [0, 0.1) is 6.92 Å². The Balaban J connectivity index is 2.33. The average Bonchev–Trinajstić information content (AvgIpc) is 2.41.